The topological polar surface area (TPSA) is 105 Å². The number of carbonyl (C=O) groups is 1. The molecule has 0 radical (unpaired) electrons. The van der Waals surface area contributed by atoms with Gasteiger partial charge in [-0.3, -0.25) is 4.79 Å². The first-order chi connectivity index (χ1) is 13.5. The van der Waals surface area contributed by atoms with Gasteiger partial charge in [0, 0.05) is 23.3 Å². The van der Waals surface area contributed by atoms with Gasteiger partial charge >= 0.3 is 5.97 Å². The summed E-state index contributed by atoms with van der Waals surface area (Å²) in [6.45, 7) is 1.90. The maximum Gasteiger partial charge on any atom is 0.309 e. The van der Waals surface area contributed by atoms with Gasteiger partial charge in [0.15, 0.2) is 11.6 Å². The first-order valence-corrected chi connectivity index (χ1v) is 9.57. The molecule has 2 N–H and O–H groups in total. The van der Waals surface area contributed by atoms with Crippen LogP contribution < -0.4 is 0 Å². The van der Waals surface area contributed by atoms with Crippen LogP contribution in [0.25, 0.3) is 22.4 Å². The molecule has 0 spiro atoms. The highest BCUT2D eigenvalue weighted by Gasteiger charge is 2.46. The summed E-state index contributed by atoms with van der Waals surface area (Å²) in [6, 6.07) is 0. The van der Waals surface area contributed by atoms with Crippen molar-refractivity contribution in [2.45, 2.75) is 45.4 Å². The van der Waals surface area contributed by atoms with Crippen LogP contribution in [0.2, 0.25) is 0 Å². The number of nitrogens with zero attached hydrogens (tertiary/aromatic N) is 4. The fraction of sp³-hybridized carbons (Fsp3) is 0.450. The third-order valence-corrected chi connectivity index (χ3v) is 6.12. The van der Waals surface area contributed by atoms with Gasteiger partial charge < -0.3 is 10.1 Å². The number of aliphatic carboxylic acids is 1. The van der Waals surface area contributed by atoms with Crippen LogP contribution in [-0.4, -0.2) is 36.0 Å². The summed E-state index contributed by atoms with van der Waals surface area (Å²) in [6.07, 6.45) is 10.1. The van der Waals surface area contributed by atoms with Crippen LogP contribution in [0.4, 0.5) is 4.39 Å². The fourth-order valence-electron chi connectivity index (χ4n) is 4.46. The Morgan fingerprint density at radius 1 is 1.36 bits per heavy atom. The Hall–Kier alpha value is -2.90. The number of carboxylic acid groups (broad SMARTS) is 1. The predicted octanol–water partition coefficient (Wildman–Crippen LogP) is 3.77. The summed E-state index contributed by atoms with van der Waals surface area (Å²) in [5, 5.41) is 10.6. The van der Waals surface area contributed by atoms with E-state index in [2.05, 4.69) is 24.9 Å². The number of hydrogen-bond donors (Lipinski definition) is 2. The molecule has 0 bridgehead atoms. The molecule has 1 aliphatic carbocycles. The number of rotatable bonds is 5. The lowest BCUT2D eigenvalue weighted by Crippen LogP contribution is -2.42. The molecule has 0 amide bonds. The molecular weight excluding hydrogens is 361 g/mol. The van der Waals surface area contributed by atoms with E-state index in [0.717, 1.165) is 30.8 Å². The highest BCUT2D eigenvalue weighted by molar-refractivity contribution is 5.90. The molecule has 1 saturated carbocycles. The Labute approximate surface area is 161 Å². The second-order valence-corrected chi connectivity index (χ2v) is 7.44. The second kappa shape index (κ2) is 7.26. The van der Waals surface area contributed by atoms with E-state index < -0.39 is 17.2 Å². The van der Waals surface area contributed by atoms with Crippen LogP contribution >= 0.6 is 0 Å². The number of H-pyrrole nitrogens is 1. The maximum atomic E-state index is 14.5. The molecule has 3 aromatic heterocycles. The molecule has 146 valence electrons. The molecule has 3 heterocycles. The van der Waals surface area contributed by atoms with Gasteiger partial charge in [0.05, 0.1) is 17.3 Å². The molecule has 0 unspecified atom stereocenters. The van der Waals surface area contributed by atoms with Crippen molar-refractivity contribution in [1.29, 1.82) is 0 Å². The molecular formula is C20H22FN5O2. The molecule has 1 fully saturated rings. The summed E-state index contributed by atoms with van der Waals surface area (Å²) >= 11 is 0. The van der Waals surface area contributed by atoms with E-state index >= 15 is 0 Å². The van der Waals surface area contributed by atoms with Crippen molar-refractivity contribution in [3.63, 3.8) is 0 Å². The van der Waals surface area contributed by atoms with Crippen molar-refractivity contribution in [3.8, 4) is 11.4 Å². The summed E-state index contributed by atoms with van der Waals surface area (Å²) in [5.41, 5.74) is 0.801. The molecule has 28 heavy (non-hydrogen) atoms. The molecule has 0 aliphatic heterocycles. The van der Waals surface area contributed by atoms with Crippen LogP contribution in [0.1, 0.15) is 44.7 Å². The second-order valence-electron chi connectivity index (χ2n) is 7.44. The monoisotopic (exact) mass is 383 g/mol. The Balaban J connectivity index is 1.70. The minimum Gasteiger partial charge on any atom is -0.481 e. The Morgan fingerprint density at radius 3 is 3.00 bits per heavy atom. The van der Waals surface area contributed by atoms with Crippen molar-refractivity contribution < 1.29 is 14.3 Å². The van der Waals surface area contributed by atoms with Crippen LogP contribution in [0, 0.1) is 17.2 Å². The van der Waals surface area contributed by atoms with Crippen molar-refractivity contribution in [2.75, 3.05) is 0 Å². The van der Waals surface area contributed by atoms with E-state index in [9.17, 15) is 14.3 Å². The first-order valence-electron chi connectivity index (χ1n) is 9.57. The van der Waals surface area contributed by atoms with Crippen molar-refractivity contribution in [3.05, 3.63) is 36.4 Å². The molecule has 0 saturated heterocycles. The number of aromatic nitrogens is 5. The molecule has 3 aromatic rings. The Bertz CT molecular complexity index is 1020. The number of aromatic amines is 1. The van der Waals surface area contributed by atoms with Gasteiger partial charge in [0.1, 0.15) is 12.0 Å². The molecule has 1 aliphatic rings. The Kier molecular flexibility index (Phi) is 4.78. The van der Waals surface area contributed by atoms with E-state index in [0.29, 0.717) is 36.3 Å². The third-order valence-electron chi connectivity index (χ3n) is 6.12. The summed E-state index contributed by atoms with van der Waals surface area (Å²) in [7, 11) is 0. The quantitative estimate of drug-likeness (QED) is 0.695. The van der Waals surface area contributed by atoms with Crippen molar-refractivity contribution in [2.24, 2.45) is 11.3 Å². The number of halogens is 1. The number of carboxylic acids is 1. The van der Waals surface area contributed by atoms with Crippen LogP contribution in [-0.2, 0) is 11.2 Å². The maximum absolute atomic E-state index is 14.5. The third kappa shape index (κ3) is 3.02. The number of fused-ring (bicyclic) bond motifs is 1. The molecule has 7 nitrogen and oxygen atoms in total. The lowest BCUT2D eigenvalue weighted by Gasteiger charge is -2.40. The molecule has 0 aromatic carbocycles. The van der Waals surface area contributed by atoms with Gasteiger partial charge in [-0.15, -0.1) is 0 Å². The number of nitrogens with one attached hydrogen (secondary N) is 1. The van der Waals surface area contributed by atoms with Crippen LogP contribution in [0.15, 0.2) is 24.9 Å². The summed E-state index contributed by atoms with van der Waals surface area (Å²) in [5.74, 6) is -1.05. The average Bonchev–Trinajstić information content (AvgIpc) is 3.14. The number of hydrogen-bond acceptors (Lipinski definition) is 5. The normalized spacial score (nSPS) is 22.4. The Morgan fingerprint density at radius 2 is 2.21 bits per heavy atom. The van der Waals surface area contributed by atoms with Gasteiger partial charge in [-0.1, -0.05) is 19.8 Å². The first kappa shape index (κ1) is 18.5. The smallest absolute Gasteiger partial charge is 0.309 e. The van der Waals surface area contributed by atoms with E-state index in [-0.39, 0.29) is 11.6 Å². The van der Waals surface area contributed by atoms with Gasteiger partial charge in [-0.05, 0) is 31.6 Å². The molecule has 4 rings (SSSR count). The highest BCUT2D eigenvalue weighted by atomic mass is 19.1. The van der Waals surface area contributed by atoms with E-state index in [4.69, 9.17) is 0 Å². The molecule has 8 heteroatoms. The van der Waals surface area contributed by atoms with Crippen molar-refractivity contribution in [1.82, 2.24) is 24.9 Å². The van der Waals surface area contributed by atoms with Gasteiger partial charge in [0.2, 0.25) is 0 Å². The average molecular weight is 383 g/mol. The minimum absolute atomic E-state index is 0.146. The standard InChI is InChI=1S/C20H22FN5O2/c1-2-20(19(27)28)6-4-3-5-12(20)7-16-15(21)10-24-18(26-16)14-9-23-17-13(14)8-22-11-25-17/h8-12H,2-7H2,1H3,(H,27,28)(H,22,23,25)/t12-,20+/m0/s1. The zero-order valence-electron chi connectivity index (χ0n) is 15.7. The van der Waals surface area contributed by atoms with E-state index in [1.54, 1.807) is 12.4 Å². The summed E-state index contributed by atoms with van der Waals surface area (Å²) in [4.78, 5) is 31.9. The van der Waals surface area contributed by atoms with Gasteiger partial charge in [-0.2, -0.15) is 0 Å². The van der Waals surface area contributed by atoms with Gasteiger partial charge in [-0.25, -0.2) is 24.3 Å². The lowest BCUT2D eigenvalue weighted by molar-refractivity contribution is -0.155. The SMILES string of the molecule is CC[C@@]1(C(=O)O)CCCC[C@H]1Cc1nc(-c2c[nH]c3ncncc23)ncc1F. The van der Waals surface area contributed by atoms with Gasteiger partial charge in [0.25, 0.3) is 0 Å². The largest absolute Gasteiger partial charge is 0.481 e. The highest BCUT2D eigenvalue weighted by Crippen LogP contribution is 2.45. The zero-order valence-corrected chi connectivity index (χ0v) is 15.7. The van der Waals surface area contributed by atoms with Crippen LogP contribution in [0.5, 0.6) is 0 Å². The zero-order chi connectivity index (χ0) is 19.7. The predicted molar refractivity (Wildman–Crippen MR) is 101 cm³/mol. The van der Waals surface area contributed by atoms with E-state index in [1.807, 2.05) is 6.92 Å². The minimum atomic E-state index is -0.815. The van der Waals surface area contributed by atoms with Crippen LogP contribution in [0.3, 0.4) is 0 Å². The summed E-state index contributed by atoms with van der Waals surface area (Å²) < 4.78 is 14.5. The lowest BCUT2D eigenvalue weighted by atomic mass is 9.63. The van der Waals surface area contributed by atoms with Crippen molar-refractivity contribution >= 4 is 17.0 Å². The fourth-order valence-corrected chi connectivity index (χ4v) is 4.46. The van der Waals surface area contributed by atoms with E-state index in [1.165, 1.54) is 6.33 Å². The molecule has 2 atom stereocenters.